The van der Waals surface area contributed by atoms with Crippen LogP contribution in [0.15, 0.2) is 78.0 Å². The van der Waals surface area contributed by atoms with E-state index in [1.54, 1.807) is 6.07 Å². The van der Waals surface area contributed by atoms with Crippen molar-refractivity contribution in [1.29, 1.82) is 0 Å². The maximum absolute atomic E-state index is 12.2. The van der Waals surface area contributed by atoms with Crippen LogP contribution in [0.2, 0.25) is 5.15 Å². The third-order valence-corrected chi connectivity index (χ3v) is 7.77. The smallest absolute Gasteiger partial charge is 0.321 e. The first-order chi connectivity index (χ1) is 17.1. The Morgan fingerprint density at radius 1 is 0.971 bits per heavy atom. The molecule has 178 valence electrons. The van der Waals surface area contributed by atoms with E-state index in [9.17, 15) is 9.90 Å². The van der Waals surface area contributed by atoms with Crippen LogP contribution in [0.1, 0.15) is 54.4 Å². The molecule has 1 aliphatic carbocycles. The van der Waals surface area contributed by atoms with Gasteiger partial charge in [0.15, 0.2) is 5.16 Å². The molecule has 4 aromatic rings. The number of carboxylic acids is 1. The minimum Gasteiger partial charge on any atom is -0.480 e. The van der Waals surface area contributed by atoms with Crippen molar-refractivity contribution in [2.24, 2.45) is 0 Å². The summed E-state index contributed by atoms with van der Waals surface area (Å²) in [6, 6.07) is 23.6. The predicted octanol–water partition coefficient (Wildman–Crippen LogP) is 7.99. The summed E-state index contributed by atoms with van der Waals surface area (Å²) in [5, 5.41) is 14.9. The van der Waals surface area contributed by atoms with Crippen LogP contribution < -0.4 is 5.32 Å². The van der Waals surface area contributed by atoms with Crippen LogP contribution in [0.5, 0.6) is 0 Å². The zero-order valence-corrected chi connectivity index (χ0v) is 20.7. The zero-order chi connectivity index (χ0) is 24.2. The molecule has 0 spiro atoms. The van der Waals surface area contributed by atoms with Crippen molar-refractivity contribution in [1.82, 2.24) is 9.97 Å². The lowest BCUT2D eigenvalue weighted by atomic mass is 9.84. The molecule has 1 atom stereocenters. The topological polar surface area (TPSA) is 75.1 Å². The van der Waals surface area contributed by atoms with Crippen LogP contribution in [-0.2, 0) is 4.79 Å². The molecule has 2 N–H and O–H groups in total. The number of carbonyl (C=O) groups is 1. The second-order valence-corrected chi connectivity index (χ2v) is 10.3. The monoisotopic (exact) mass is 503 g/mol. The van der Waals surface area contributed by atoms with E-state index in [-0.39, 0.29) is 5.15 Å². The number of aromatic nitrogens is 2. The fourth-order valence-electron chi connectivity index (χ4n) is 4.77. The number of hydrogen-bond donors (Lipinski definition) is 2. The van der Waals surface area contributed by atoms with Gasteiger partial charge in [0.05, 0.1) is 0 Å². The molecule has 1 fully saturated rings. The van der Waals surface area contributed by atoms with Gasteiger partial charge in [0.1, 0.15) is 16.2 Å². The fourth-order valence-corrected chi connectivity index (χ4v) is 5.95. The molecule has 0 radical (unpaired) electrons. The summed E-state index contributed by atoms with van der Waals surface area (Å²) in [5.74, 6) is 0.221. The molecular weight excluding hydrogens is 478 g/mol. The number of thioether (sulfide) groups is 1. The van der Waals surface area contributed by atoms with Crippen LogP contribution in [0.4, 0.5) is 11.5 Å². The summed E-state index contributed by atoms with van der Waals surface area (Å²) in [5.41, 5.74) is 2.99. The molecular formula is C28H26ClN3O2S. The Morgan fingerprint density at radius 3 is 2.49 bits per heavy atom. The quantitative estimate of drug-likeness (QED) is 0.151. The zero-order valence-electron chi connectivity index (χ0n) is 19.2. The molecule has 3 aromatic carbocycles. The Balaban J connectivity index is 1.37. The SMILES string of the molecule is O=C(O)C(Sc1nc(Cl)cc(Nc2ccc(C3CCCCC3)cc2)n1)c1cccc2ccccc12. The minimum absolute atomic E-state index is 0.255. The second kappa shape index (κ2) is 10.7. The molecule has 1 aliphatic rings. The predicted molar refractivity (Wildman–Crippen MR) is 143 cm³/mol. The highest BCUT2D eigenvalue weighted by Gasteiger charge is 2.25. The summed E-state index contributed by atoms with van der Waals surface area (Å²) in [7, 11) is 0. The average molecular weight is 504 g/mol. The van der Waals surface area contributed by atoms with E-state index in [0.29, 0.717) is 22.5 Å². The highest BCUT2D eigenvalue weighted by atomic mass is 35.5. The van der Waals surface area contributed by atoms with Gasteiger partial charge in [-0.05, 0) is 52.8 Å². The summed E-state index contributed by atoms with van der Waals surface area (Å²) < 4.78 is 0. The molecule has 0 saturated heterocycles. The van der Waals surface area contributed by atoms with Crippen molar-refractivity contribution in [2.45, 2.75) is 48.4 Å². The van der Waals surface area contributed by atoms with Gasteiger partial charge in [0.25, 0.3) is 0 Å². The van der Waals surface area contributed by atoms with E-state index in [0.717, 1.165) is 28.2 Å². The van der Waals surface area contributed by atoms with Gasteiger partial charge in [0, 0.05) is 11.8 Å². The van der Waals surface area contributed by atoms with Crippen LogP contribution in [0.3, 0.4) is 0 Å². The van der Waals surface area contributed by atoms with Gasteiger partial charge < -0.3 is 10.4 Å². The normalized spacial score (nSPS) is 15.1. The third kappa shape index (κ3) is 5.60. The number of hydrogen-bond acceptors (Lipinski definition) is 5. The lowest BCUT2D eigenvalue weighted by Crippen LogP contribution is -2.09. The Labute approximate surface area is 214 Å². The van der Waals surface area contributed by atoms with Gasteiger partial charge in [-0.2, -0.15) is 0 Å². The summed E-state index contributed by atoms with van der Waals surface area (Å²) in [6.07, 6.45) is 6.47. The van der Waals surface area contributed by atoms with Gasteiger partial charge in [-0.15, -0.1) is 0 Å². The molecule has 0 bridgehead atoms. The largest absolute Gasteiger partial charge is 0.480 e. The maximum Gasteiger partial charge on any atom is 0.321 e. The van der Waals surface area contributed by atoms with E-state index in [1.807, 2.05) is 42.5 Å². The molecule has 1 unspecified atom stereocenters. The number of nitrogens with zero attached hydrogens (tertiary/aromatic N) is 2. The molecule has 1 heterocycles. The molecule has 1 saturated carbocycles. The van der Waals surface area contributed by atoms with Gasteiger partial charge in [-0.3, -0.25) is 4.79 Å². The van der Waals surface area contributed by atoms with Crippen molar-refractivity contribution in [3.63, 3.8) is 0 Å². The van der Waals surface area contributed by atoms with Crippen LogP contribution in [0, 0.1) is 0 Å². The van der Waals surface area contributed by atoms with E-state index < -0.39 is 11.2 Å². The number of fused-ring (bicyclic) bond motifs is 1. The summed E-state index contributed by atoms with van der Waals surface area (Å²) in [6.45, 7) is 0. The van der Waals surface area contributed by atoms with E-state index in [4.69, 9.17) is 11.6 Å². The van der Waals surface area contributed by atoms with Gasteiger partial charge in [0.2, 0.25) is 0 Å². The molecule has 5 nitrogen and oxygen atoms in total. The Morgan fingerprint density at radius 2 is 1.71 bits per heavy atom. The maximum atomic E-state index is 12.2. The number of rotatable bonds is 7. The van der Waals surface area contributed by atoms with Crippen LogP contribution in [0.25, 0.3) is 10.8 Å². The number of nitrogens with one attached hydrogen (secondary N) is 1. The number of benzene rings is 3. The fraction of sp³-hybridized carbons (Fsp3) is 0.250. The molecule has 5 rings (SSSR count). The average Bonchev–Trinajstić information content (AvgIpc) is 2.87. The Bertz CT molecular complexity index is 1330. The highest BCUT2D eigenvalue weighted by molar-refractivity contribution is 8.00. The van der Waals surface area contributed by atoms with Crippen molar-refractivity contribution in [3.05, 3.63) is 89.1 Å². The van der Waals surface area contributed by atoms with E-state index >= 15 is 0 Å². The minimum atomic E-state index is -0.956. The van der Waals surface area contributed by atoms with Crippen LogP contribution in [-0.4, -0.2) is 21.0 Å². The first kappa shape index (κ1) is 23.6. The third-order valence-electron chi connectivity index (χ3n) is 6.49. The Kier molecular flexibility index (Phi) is 7.21. The van der Waals surface area contributed by atoms with Gasteiger partial charge in [-0.25, -0.2) is 9.97 Å². The number of halogens is 1. The van der Waals surface area contributed by atoms with Crippen molar-refractivity contribution in [2.75, 3.05) is 5.32 Å². The van der Waals surface area contributed by atoms with Crippen LogP contribution >= 0.6 is 23.4 Å². The standard InChI is InChI=1S/C28H26ClN3O2S/c29-24-17-25(30-21-15-13-19(14-16-21)18-7-2-1-3-8-18)32-28(31-24)35-26(27(33)34)23-12-6-10-20-9-4-5-11-22(20)23/h4-6,9-18,26H,1-3,7-8H2,(H,33,34)(H,30,31,32). The van der Waals surface area contributed by atoms with Crippen molar-refractivity contribution < 1.29 is 9.90 Å². The summed E-state index contributed by atoms with van der Waals surface area (Å²) >= 11 is 7.37. The lowest BCUT2D eigenvalue weighted by molar-refractivity contribution is -0.136. The van der Waals surface area contributed by atoms with Crippen molar-refractivity contribution >= 4 is 51.6 Å². The van der Waals surface area contributed by atoms with Gasteiger partial charge >= 0.3 is 5.97 Å². The number of carboxylic acid groups (broad SMARTS) is 1. The number of anilines is 2. The molecule has 1 aromatic heterocycles. The molecule has 0 amide bonds. The lowest BCUT2D eigenvalue weighted by Gasteiger charge is -2.22. The second-order valence-electron chi connectivity index (χ2n) is 8.84. The molecule has 35 heavy (non-hydrogen) atoms. The Hall–Kier alpha value is -3.09. The summed E-state index contributed by atoms with van der Waals surface area (Å²) in [4.78, 5) is 21.1. The first-order valence-electron chi connectivity index (χ1n) is 11.9. The molecule has 0 aliphatic heterocycles. The molecule has 7 heteroatoms. The van der Waals surface area contributed by atoms with E-state index in [2.05, 4.69) is 39.6 Å². The first-order valence-corrected chi connectivity index (χ1v) is 13.1. The number of aliphatic carboxylic acids is 1. The van der Waals surface area contributed by atoms with E-state index in [1.165, 1.54) is 37.7 Å². The van der Waals surface area contributed by atoms with Crippen molar-refractivity contribution in [3.8, 4) is 0 Å². The highest BCUT2D eigenvalue weighted by Crippen LogP contribution is 2.38. The van der Waals surface area contributed by atoms with Gasteiger partial charge in [-0.1, -0.05) is 97.2 Å².